The maximum atomic E-state index is 4.62. The summed E-state index contributed by atoms with van der Waals surface area (Å²) < 4.78 is 0. The zero-order chi connectivity index (χ0) is 7.15. The summed E-state index contributed by atoms with van der Waals surface area (Å²) >= 11 is 8.19. The van der Waals surface area contributed by atoms with Gasteiger partial charge in [0.25, 0.3) is 0 Å². The van der Waals surface area contributed by atoms with E-state index in [1.54, 1.807) is 0 Å². The van der Waals surface area contributed by atoms with Gasteiger partial charge in [0.05, 0.1) is 0 Å². The Kier molecular flexibility index (Phi) is 18.1. The molecule has 0 heterocycles. The fourth-order valence-electron chi connectivity index (χ4n) is 0. The van der Waals surface area contributed by atoms with Gasteiger partial charge < -0.3 is 29.1 Å². The molecule has 0 aromatic heterocycles. The lowest BCUT2D eigenvalue weighted by atomic mass is 11.3. The van der Waals surface area contributed by atoms with Crippen LogP contribution in [0, 0.1) is 0 Å². The first-order valence-electron chi connectivity index (χ1n) is 1.56. The Hall–Kier alpha value is -0.660. The van der Waals surface area contributed by atoms with E-state index in [9.17, 15) is 0 Å². The molecule has 7 heteroatoms. The topological polar surface area (TPSA) is 139 Å². The second-order valence-corrected chi connectivity index (χ2v) is 1.75. The molecule has 0 aromatic carbocycles. The minimum atomic E-state index is 0. The van der Waals surface area contributed by atoms with Gasteiger partial charge in [-0.3, -0.25) is 0 Å². The summed E-state index contributed by atoms with van der Waals surface area (Å²) in [5.41, 5.74) is 18.5. The molecule has 0 saturated carbocycles. The van der Waals surface area contributed by atoms with Crippen molar-refractivity contribution in [3.8, 4) is 0 Å². The van der Waals surface area contributed by atoms with Crippen LogP contribution in [0.3, 0.4) is 0 Å². The summed E-state index contributed by atoms with van der Waals surface area (Å²) in [5, 5.41) is 0.000000000000000444. The van der Waals surface area contributed by atoms with Gasteiger partial charge in [0.15, 0.2) is 10.2 Å². The monoisotopic (exact) mass is 169 g/mol. The second kappa shape index (κ2) is 10.3. The molecule has 5 nitrogen and oxygen atoms in total. The van der Waals surface area contributed by atoms with Crippen molar-refractivity contribution in [2.45, 2.75) is 0 Å². The van der Waals surface area contributed by atoms with E-state index in [2.05, 4.69) is 47.4 Å². The first-order valence-corrected chi connectivity index (χ1v) is 2.38. The molecule has 0 aliphatic carbocycles. The predicted octanol–water partition coefficient (Wildman–Crippen LogP) is -1.46. The lowest BCUT2D eigenvalue weighted by Crippen LogP contribution is -2.18. The molecule has 0 amide bonds. The van der Waals surface area contributed by atoms with E-state index in [0.29, 0.717) is 0 Å². The maximum Gasteiger partial charge on any atom is 0.160 e. The molecule has 0 unspecified atom stereocenters. The smallest absolute Gasteiger partial charge is 0.160 e. The average Bonchev–Trinajstić information content (AvgIpc) is 1.25. The van der Waals surface area contributed by atoms with Crippen molar-refractivity contribution in [3.63, 3.8) is 0 Å². The summed E-state index contributed by atoms with van der Waals surface area (Å²) in [6.45, 7) is 0. The molecule has 0 aromatic rings. The molecule has 0 aliphatic rings. The third-order valence-corrected chi connectivity index (χ3v) is 0. The highest BCUT2D eigenvalue weighted by molar-refractivity contribution is 7.80. The first-order chi connectivity index (χ1) is 3.46. The maximum absolute atomic E-state index is 4.62. The van der Waals surface area contributed by atoms with Crippen LogP contribution in [0.2, 0.25) is 0 Å². The Balaban J connectivity index is -0.0000000720. The van der Waals surface area contributed by atoms with Crippen LogP contribution in [0.25, 0.3) is 0 Å². The first kappa shape index (κ1) is 15.8. The van der Waals surface area contributed by atoms with Crippen LogP contribution in [-0.2, 0) is 0 Å². The fraction of sp³-hybridized carbons (Fsp3) is 0. The molecule has 0 bridgehead atoms. The van der Waals surface area contributed by atoms with Gasteiger partial charge in [-0.15, -0.1) is 0 Å². The fourth-order valence-corrected chi connectivity index (χ4v) is 0. The largest absolute Gasteiger partial charge is 0.377 e. The average molecular weight is 169 g/mol. The number of rotatable bonds is 0. The van der Waals surface area contributed by atoms with Gasteiger partial charge in [0, 0.05) is 0 Å². The molecule has 9 heavy (non-hydrogen) atoms. The Bertz CT molecular complexity index is 71.0. The molecule has 0 aliphatic heterocycles. The van der Waals surface area contributed by atoms with Crippen LogP contribution in [0.15, 0.2) is 0 Å². The Morgan fingerprint density at radius 3 is 0.778 bits per heavy atom. The zero-order valence-electron chi connectivity index (χ0n) is 4.83. The highest BCUT2D eigenvalue weighted by Gasteiger charge is 1.53. The van der Waals surface area contributed by atoms with Crippen molar-refractivity contribution in [3.05, 3.63) is 0 Å². The van der Waals surface area contributed by atoms with Crippen molar-refractivity contribution >= 4 is 34.7 Å². The van der Waals surface area contributed by atoms with Gasteiger partial charge >= 0.3 is 0 Å². The Morgan fingerprint density at radius 2 is 0.778 bits per heavy atom. The SMILES string of the molecule is N.NC(N)=S.NC(N)=S. The molecule has 0 radical (unpaired) electrons. The van der Waals surface area contributed by atoms with Crippen LogP contribution in [-0.4, -0.2) is 10.2 Å². The van der Waals surface area contributed by atoms with Gasteiger partial charge in [0.1, 0.15) is 0 Å². The van der Waals surface area contributed by atoms with Gasteiger partial charge in [-0.1, -0.05) is 0 Å². The molecular weight excluding hydrogens is 158 g/mol. The van der Waals surface area contributed by atoms with Crippen LogP contribution in [0.4, 0.5) is 0 Å². The van der Waals surface area contributed by atoms with E-state index in [1.165, 1.54) is 0 Å². The summed E-state index contributed by atoms with van der Waals surface area (Å²) in [5.74, 6) is 0. The summed E-state index contributed by atoms with van der Waals surface area (Å²) in [6, 6.07) is 0. The second-order valence-electron chi connectivity index (χ2n) is 0.805. The van der Waals surface area contributed by atoms with Crippen molar-refractivity contribution in [2.75, 3.05) is 0 Å². The van der Waals surface area contributed by atoms with E-state index in [4.69, 9.17) is 0 Å². The molecule has 0 atom stereocenters. The van der Waals surface area contributed by atoms with Gasteiger partial charge in [-0.05, 0) is 24.4 Å². The van der Waals surface area contributed by atoms with E-state index < -0.39 is 0 Å². The van der Waals surface area contributed by atoms with E-state index in [0.717, 1.165) is 0 Å². The highest BCUT2D eigenvalue weighted by Crippen LogP contribution is 1.32. The standard InChI is InChI=1S/2CH4N2S.H3N/c2*2-1(3)4;/h2*(H4,2,3,4);1H3. The number of hydrogen-bond donors (Lipinski definition) is 5. The zero-order valence-corrected chi connectivity index (χ0v) is 6.47. The van der Waals surface area contributed by atoms with E-state index in [-0.39, 0.29) is 16.4 Å². The van der Waals surface area contributed by atoms with Crippen LogP contribution in [0.1, 0.15) is 0 Å². The normalized spacial score (nSPS) is 5.33. The van der Waals surface area contributed by atoms with Crippen molar-refractivity contribution in [1.82, 2.24) is 6.15 Å². The van der Waals surface area contributed by atoms with Gasteiger partial charge in [0.2, 0.25) is 0 Å². The summed E-state index contributed by atoms with van der Waals surface area (Å²) in [6.07, 6.45) is 0. The summed E-state index contributed by atoms with van der Waals surface area (Å²) in [7, 11) is 0. The number of hydrogen-bond acceptors (Lipinski definition) is 3. The highest BCUT2D eigenvalue weighted by atomic mass is 32.1. The Labute approximate surface area is 64.3 Å². The molecule has 0 rings (SSSR count). The molecule has 56 valence electrons. The lowest BCUT2D eigenvalue weighted by molar-refractivity contribution is 1.65. The summed E-state index contributed by atoms with van der Waals surface area (Å²) in [4.78, 5) is 0. The van der Waals surface area contributed by atoms with E-state index >= 15 is 0 Å². The third kappa shape index (κ3) is 480. The molecule has 0 spiro atoms. The lowest BCUT2D eigenvalue weighted by Gasteiger charge is -1.68. The minimum Gasteiger partial charge on any atom is -0.377 e. The van der Waals surface area contributed by atoms with E-state index in [1.807, 2.05) is 0 Å². The van der Waals surface area contributed by atoms with Gasteiger partial charge in [-0.2, -0.15) is 0 Å². The Morgan fingerprint density at radius 1 is 0.778 bits per heavy atom. The van der Waals surface area contributed by atoms with Gasteiger partial charge in [-0.25, -0.2) is 0 Å². The molecule has 0 saturated heterocycles. The van der Waals surface area contributed by atoms with Crippen LogP contribution >= 0.6 is 24.4 Å². The quantitative estimate of drug-likeness (QED) is 0.279. The van der Waals surface area contributed by atoms with Crippen LogP contribution in [0.5, 0.6) is 0 Å². The third-order valence-electron chi connectivity index (χ3n) is 0. The van der Waals surface area contributed by atoms with Crippen LogP contribution < -0.4 is 29.1 Å². The predicted molar refractivity (Wildman–Crippen MR) is 47.0 cm³/mol. The van der Waals surface area contributed by atoms with Crippen molar-refractivity contribution in [2.24, 2.45) is 22.9 Å². The minimum absolute atomic E-state index is 0. The molecule has 0 fully saturated rings. The number of nitrogens with two attached hydrogens (primary N) is 4. The van der Waals surface area contributed by atoms with Crippen molar-refractivity contribution < 1.29 is 0 Å². The molecular formula is C2H11N5S2. The van der Waals surface area contributed by atoms with Crippen molar-refractivity contribution in [1.29, 1.82) is 0 Å². The number of thiocarbonyl (C=S) groups is 2. The molecule has 11 N–H and O–H groups in total.